The first-order chi connectivity index (χ1) is 6.86. The largest absolute Gasteiger partial charge is 0.352 e. The lowest BCUT2D eigenvalue weighted by molar-refractivity contribution is -0.125. The van der Waals surface area contributed by atoms with Gasteiger partial charge in [-0.15, -0.1) is 0 Å². The molecule has 2 rings (SSSR count). The van der Waals surface area contributed by atoms with Gasteiger partial charge in [0, 0.05) is 24.3 Å². The third-order valence-corrected chi connectivity index (χ3v) is 4.11. The van der Waals surface area contributed by atoms with E-state index >= 15 is 0 Å². The van der Waals surface area contributed by atoms with Crippen molar-refractivity contribution < 1.29 is 4.79 Å². The van der Waals surface area contributed by atoms with Crippen LogP contribution < -0.4 is 10.6 Å². The fourth-order valence-corrected chi connectivity index (χ4v) is 3.26. The molecule has 2 atom stereocenters. The van der Waals surface area contributed by atoms with Crippen LogP contribution in [0.2, 0.25) is 0 Å². The highest BCUT2D eigenvalue weighted by Gasteiger charge is 2.25. The van der Waals surface area contributed by atoms with Gasteiger partial charge in [0.25, 0.3) is 0 Å². The van der Waals surface area contributed by atoms with E-state index in [0.29, 0.717) is 6.04 Å². The summed E-state index contributed by atoms with van der Waals surface area (Å²) in [5.74, 6) is 2.73. The first kappa shape index (κ1) is 10.3. The van der Waals surface area contributed by atoms with E-state index in [9.17, 15) is 4.79 Å². The molecule has 3 nitrogen and oxygen atoms in total. The molecule has 0 radical (unpaired) electrons. The highest BCUT2D eigenvalue weighted by molar-refractivity contribution is 7.99. The van der Waals surface area contributed by atoms with Crippen molar-refractivity contribution in [2.45, 2.75) is 25.3 Å². The minimum atomic E-state index is 0.280. The predicted molar refractivity (Wildman–Crippen MR) is 59.5 cm³/mol. The van der Waals surface area contributed by atoms with E-state index in [0.717, 1.165) is 37.4 Å². The van der Waals surface area contributed by atoms with Gasteiger partial charge in [0.05, 0.1) is 0 Å². The van der Waals surface area contributed by atoms with Gasteiger partial charge in [-0.2, -0.15) is 11.8 Å². The summed E-state index contributed by atoms with van der Waals surface area (Å²) in [7, 11) is 0. The van der Waals surface area contributed by atoms with Crippen LogP contribution in [0.25, 0.3) is 0 Å². The zero-order chi connectivity index (χ0) is 9.80. The Morgan fingerprint density at radius 2 is 2.36 bits per heavy atom. The Morgan fingerprint density at radius 3 is 3.00 bits per heavy atom. The van der Waals surface area contributed by atoms with Gasteiger partial charge in [-0.05, 0) is 31.6 Å². The summed E-state index contributed by atoms with van der Waals surface area (Å²) in [6.45, 7) is 2.05. The molecule has 80 valence electrons. The van der Waals surface area contributed by atoms with Crippen molar-refractivity contribution in [2.24, 2.45) is 5.92 Å². The molecule has 0 aromatic carbocycles. The lowest BCUT2D eigenvalue weighted by atomic mass is 10.0. The average molecular weight is 214 g/mol. The number of hydrogen-bond acceptors (Lipinski definition) is 3. The van der Waals surface area contributed by atoms with Crippen molar-refractivity contribution >= 4 is 17.7 Å². The van der Waals surface area contributed by atoms with Gasteiger partial charge in [0.15, 0.2) is 0 Å². The highest BCUT2D eigenvalue weighted by atomic mass is 32.2. The molecule has 0 aromatic rings. The Balaban J connectivity index is 1.75. The molecule has 0 aromatic heterocycles. The number of rotatable bonds is 2. The lowest BCUT2D eigenvalue weighted by Crippen LogP contribution is -2.47. The zero-order valence-corrected chi connectivity index (χ0v) is 9.24. The molecular weight excluding hydrogens is 196 g/mol. The standard InChI is InChI=1S/C10H18N2OS/c13-10(8-3-5-14-7-8)12-9-2-1-4-11-6-9/h8-9,11H,1-7H2,(H,12,13)/t8?,9-/m0/s1. The SMILES string of the molecule is O=C(N[C@H]1CCCNC1)C1CCSC1. The van der Waals surface area contributed by atoms with E-state index in [2.05, 4.69) is 10.6 Å². The molecule has 1 amide bonds. The molecule has 4 heteroatoms. The number of thioether (sulfide) groups is 1. The lowest BCUT2D eigenvalue weighted by Gasteiger charge is -2.25. The van der Waals surface area contributed by atoms with E-state index in [-0.39, 0.29) is 11.8 Å². The van der Waals surface area contributed by atoms with Crippen molar-refractivity contribution in [3.05, 3.63) is 0 Å². The smallest absolute Gasteiger partial charge is 0.224 e. The van der Waals surface area contributed by atoms with E-state index in [4.69, 9.17) is 0 Å². The maximum atomic E-state index is 11.8. The Hall–Kier alpha value is -0.220. The molecule has 2 saturated heterocycles. The molecule has 2 N–H and O–H groups in total. The van der Waals surface area contributed by atoms with Crippen LogP contribution in [0.3, 0.4) is 0 Å². The molecular formula is C10H18N2OS. The van der Waals surface area contributed by atoms with Gasteiger partial charge in [-0.3, -0.25) is 4.79 Å². The predicted octanol–water partition coefficient (Wildman–Crippen LogP) is 0.608. The molecule has 0 bridgehead atoms. The van der Waals surface area contributed by atoms with E-state index < -0.39 is 0 Å². The van der Waals surface area contributed by atoms with Crippen molar-refractivity contribution in [3.8, 4) is 0 Å². The number of hydrogen-bond donors (Lipinski definition) is 2. The minimum Gasteiger partial charge on any atom is -0.352 e. The first-order valence-electron chi connectivity index (χ1n) is 5.45. The molecule has 0 saturated carbocycles. The van der Waals surface area contributed by atoms with Crippen LogP contribution in [0.4, 0.5) is 0 Å². The first-order valence-corrected chi connectivity index (χ1v) is 6.60. The van der Waals surface area contributed by atoms with E-state index in [1.165, 1.54) is 6.42 Å². The molecule has 14 heavy (non-hydrogen) atoms. The second-order valence-corrected chi connectivity index (χ2v) is 5.26. The van der Waals surface area contributed by atoms with Crippen LogP contribution in [0, 0.1) is 5.92 Å². The molecule has 2 fully saturated rings. The summed E-state index contributed by atoms with van der Waals surface area (Å²) in [4.78, 5) is 11.8. The van der Waals surface area contributed by atoms with E-state index in [1.807, 2.05) is 11.8 Å². The minimum absolute atomic E-state index is 0.280. The Kier molecular flexibility index (Phi) is 3.70. The Morgan fingerprint density at radius 1 is 1.43 bits per heavy atom. The summed E-state index contributed by atoms with van der Waals surface area (Å²) in [5, 5.41) is 6.46. The summed E-state index contributed by atoms with van der Waals surface area (Å²) < 4.78 is 0. The Labute approximate surface area is 89.4 Å². The van der Waals surface area contributed by atoms with Gasteiger partial charge >= 0.3 is 0 Å². The monoisotopic (exact) mass is 214 g/mol. The van der Waals surface area contributed by atoms with Gasteiger partial charge < -0.3 is 10.6 Å². The average Bonchev–Trinajstić information content (AvgIpc) is 2.72. The third kappa shape index (κ3) is 2.64. The Bertz CT molecular complexity index is 198. The summed E-state index contributed by atoms with van der Waals surface area (Å²) in [5.41, 5.74) is 0. The number of carbonyl (C=O) groups excluding carboxylic acids is 1. The van der Waals surface area contributed by atoms with Gasteiger partial charge in [0.2, 0.25) is 5.91 Å². The maximum Gasteiger partial charge on any atom is 0.224 e. The van der Waals surface area contributed by atoms with Crippen molar-refractivity contribution in [2.75, 3.05) is 24.6 Å². The topological polar surface area (TPSA) is 41.1 Å². The normalized spacial score (nSPS) is 32.9. The van der Waals surface area contributed by atoms with Crippen molar-refractivity contribution in [1.82, 2.24) is 10.6 Å². The fourth-order valence-electron chi connectivity index (χ4n) is 2.04. The molecule has 0 spiro atoms. The number of carbonyl (C=O) groups is 1. The quantitative estimate of drug-likeness (QED) is 0.707. The van der Waals surface area contributed by atoms with E-state index in [1.54, 1.807) is 0 Å². The third-order valence-electron chi connectivity index (χ3n) is 2.94. The molecule has 2 aliphatic rings. The van der Waals surface area contributed by atoms with Crippen LogP contribution >= 0.6 is 11.8 Å². The highest BCUT2D eigenvalue weighted by Crippen LogP contribution is 2.23. The summed E-state index contributed by atoms with van der Waals surface area (Å²) in [6.07, 6.45) is 3.39. The number of amides is 1. The van der Waals surface area contributed by atoms with Gasteiger partial charge in [0.1, 0.15) is 0 Å². The fraction of sp³-hybridized carbons (Fsp3) is 0.900. The molecule has 2 heterocycles. The van der Waals surface area contributed by atoms with Crippen LogP contribution in [0.5, 0.6) is 0 Å². The van der Waals surface area contributed by atoms with Crippen molar-refractivity contribution in [1.29, 1.82) is 0 Å². The van der Waals surface area contributed by atoms with Gasteiger partial charge in [-0.1, -0.05) is 0 Å². The van der Waals surface area contributed by atoms with Gasteiger partial charge in [-0.25, -0.2) is 0 Å². The second-order valence-electron chi connectivity index (χ2n) is 4.11. The summed E-state index contributed by atoms with van der Waals surface area (Å²) in [6, 6.07) is 0.377. The molecule has 0 aliphatic carbocycles. The maximum absolute atomic E-state index is 11.8. The van der Waals surface area contributed by atoms with Crippen molar-refractivity contribution in [3.63, 3.8) is 0 Å². The van der Waals surface area contributed by atoms with Crippen LogP contribution in [0.15, 0.2) is 0 Å². The number of nitrogens with one attached hydrogen (secondary N) is 2. The van der Waals surface area contributed by atoms with Crippen LogP contribution in [-0.2, 0) is 4.79 Å². The molecule has 2 aliphatic heterocycles. The summed E-state index contributed by atoms with van der Waals surface area (Å²) >= 11 is 1.90. The van der Waals surface area contributed by atoms with Crippen LogP contribution in [0.1, 0.15) is 19.3 Å². The zero-order valence-electron chi connectivity index (χ0n) is 8.42. The van der Waals surface area contributed by atoms with Crippen LogP contribution in [-0.4, -0.2) is 36.5 Å². The molecule has 1 unspecified atom stereocenters. The number of piperidine rings is 1. The second kappa shape index (κ2) is 5.03.